The predicted octanol–water partition coefficient (Wildman–Crippen LogP) is 4.02. The lowest BCUT2D eigenvalue weighted by Gasteiger charge is -2.18. The van der Waals surface area contributed by atoms with Gasteiger partial charge in [-0.3, -0.25) is 0 Å². The van der Waals surface area contributed by atoms with E-state index in [1.165, 1.54) is 0 Å². The third-order valence-corrected chi connectivity index (χ3v) is 4.43. The molecule has 0 bridgehead atoms. The molecule has 1 atom stereocenters. The van der Waals surface area contributed by atoms with Crippen LogP contribution in [-0.2, 0) is 0 Å². The summed E-state index contributed by atoms with van der Waals surface area (Å²) in [6, 6.07) is 9.70. The summed E-state index contributed by atoms with van der Waals surface area (Å²) in [5, 5.41) is 4.57. The Labute approximate surface area is 132 Å². The largest absolute Gasteiger partial charge is 0.383 e. The smallest absolute Gasteiger partial charge is 0.128 e. The third kappa shape index (κ3) is 4.03. The maximum Gasteiger partial charge on any atom is 0.128 e. The number of nitrogen functional groups attached to an aromatic ring is 1. The van der Waals surface area contributed by atoms with Gasteiger partial charge in [0.2, 0.25) is 0 Å². The van der Waals surface area contributed by atoms with Crippen molar-refractivity contribution in [1.29, 1.82) is 0 Å². The summed E-state index contributed by atoms with van der Waals surface area (Å²) in [5.74, 6) is 1.33. The Morgan fingerprint density at radius 1 is 1.25 bits per heavy atom. The number of aromatic nitrogens is 1. The number of pyridine rings is 1. The number of nitrogens with one attached hydrogen (secondary N) is 1. The molecular formula is C14H15Cl2N3S. The molecule has 0 spiro atoms. The SMILES string of the molecule is CNC(CSc1ccc(Cl)cc1)c1cc(Cl)cnc1N. The number of thioether (sulfide) groups is 1. The van der Waals surface area contributed by atoms with Crippen molar-refractivity contribution < 1.29 is 0 Å². The van der Waals surface area contributed by atoms with Gasteiger partial charge in [0.05, 0.1) is 5.02 Å². The summed E-state index contributed by atoms with van der Waals surface area (Å²) in [4.78, 5) is 5.25. The van der Waals surface area contributed by atoms with Gasteiger partial charge in [-0.2, -0.15) is 0 Å². The van der Waals surface area contributed by atoms with Crippen molar-refractivity contribution in [3.8, 4) is 0 Å². The van der Waals surface area contributed by atoms with Gasteiger partial charge in [-0.25, -0.2) is 4.98 Å². The van der Waals surface area contributed by atoms with Gasteiger partial charge >= 0.3 is 0 Å². The molecule has 0 radical (unpaired) electrons. The summed E-state index contributed by atoms with van der Waals surface area (Å²) < 4.78 is 0. The standard InChI is InChI=1S/C14H15Cl2N3S/c1-18-13(12-6-10(16)7-19-14(12)17)8-20-11-4-2-9(15)3-5-11/h2-7,13,18H,8H2,1H3,(H2,17,19). The highest BCUT2D eigenvalue weighted by Gasteiger charge is 2.14. The molecule has 2 rings (SSSR count). The van der Waals surface area contributed by atoms with Gasteiger partial charge in [0.1, 0.15) is 5.82 Å². The number of nitrogens with two attached hydrogens (primary N) is 1. The van der Waals surface area contributed by atoms with Crippen LogP contribution in [0.2, 0.25) is 10.0 Å². The van der Waals surface area contributed by atoms with Crippen LogP contribution < -0.4 is 11.1 Å². The Morgan fingerprint density at radius 2 is 1.95 bits per heavy atom. The molecule has 0 aliphatic heterocycles. The van der Waals surface area contributed by atoms with Gasteiger partial charge in [-0.15, -0.1) is 11.8 Å². The van der Waals surface area contributed by atoms with Gasteiger partial charge in [-0.05, 0) is 37.4 Å². The quantitative estimate of drug-likeness (QED) is 0.814. The Kier molecular flexibility index (Phi) is 5.54. The van der Waals surface area contributed by atoms with Crippen molar-refractivity contribution in [1.82, 2.24) is 10.3 Å². The first-order valence-corrected chi connectivity index (χ1v) is 7.81. The van der Waals surface area contributed by atoms with E-state index in [2.05, 4.69) is 10.3 Å². The van der Waals surface area contributed by atoms with Crippen LogP contribution in [-0.4, -0.2) is 17.8 Å². The molecule has 20 heavy (non-hydrogen) atoms. The highest BCUT2D eigenvalue weighted by Crippen LogP contribution is 2.28. The monoisotopic (exact) mass is 327 g/mol. The zero-order chi connectivity index (χ0) is 14.5. The first-order chi connectivity index (χ1) is 9.60. The van der Waals surface area contributed by atoms with Crippen LogP contribution in [0.3, 0.4) is 0 Å². The van der Waals surface area contributed by atoms with Crippen molar-refractivity contribution >= 4 is 40.8 Å². The number of hydrogen-bond acceptors (Lipinski definition) is 4. The van der Waals surface area contributed by atoms with Crippen LogP contribution in [0.25, 0.3) is 0 Å². The van der Waals surface area contributed by atoms with E-state index in [0.29, 0.717) is 10.8 Å². The molecule has 0 amide bonds. The zero-order valence-corrected chi connectivity index (χ0v) is 13.3. The average molecular weight is 328 g/mol. The molecule has 6 heteroatoms. The van der Waals surface area contributed by atoms with E-state index in [1.807, 2.05) is 37.4 Å². The minimum atomic E-state index is 0.0851. The fourth-order valence-electron chi connectivity index (χ4n) is 1.78. The Balaban J connectivity index is 2.09. The Bertz CT molecular complexity index is 575. The average Bonchev–Trinajstić information content (AvgIpc) is 2.45. The second kappa shape index (κ2) is 7.18. The summed E-state index contributed by atoms with van der Waals surface area (Å²) in [7, 11) is 1.90. The topological polar surface area (TPSA) is 50.9 Å². The van der Waals surface area contributed by atoms with Crippen molar-refractivity contribution in [3.05, 3.63) is 52.1 Å². The maximum atomic E-state index is 5.99. The number of halogens is 2. The minimum Gasteiger partial charge on any atom is -0.383 e. The van der Waals surface area contributed by atoms with Crippen LogP contribution in [0.5, 0.6) is 0 Å². The van der Waals surface area contributed by atoms with E-state index in [-0.39, 0.29) is 6.04 Å². The van der Waals surface area contributed by atoms with Gasteiger partial charge in [0, 0.05) is 33.5 Å². The molecule has 1 unspecified atom stereocenters. The summed E-state index contributed by atoms with van der Waals surface area (Å²) in [6.45, 7) is 0. The van der Waals surface area contributed by atoms with E-state index in [0.717, 1.165) is 21.2 Å². The van der Waals surface area contributed by atoms with Gasteiger partial charge < -0.3 is 11.1 Å². The molecule has 3 N–H and O–H groups in total. The van der Waals surface area contributed by atoms with Gasteiger partial charge in [0.25, 0.3) is 0 Å². The first-order valence-electron chi connectivity index (χ1n) is 6.06. The Morgan fingerprint density at radius 3 is 2.60 bits per heavy atom. The Hall–Kier alpha value is -0.940. The predicted molar refractivity (Wildman–Crippen MR) is 87.6 cm³/mol. The molecule has 3 nitrogen and oxygen atoms in total. The first kappa shape index (κ1) is 15.4. The minimum absolute atomic E-state index is 0.0851. The van der Waals surface area contributed by atoms with Crippen LogP contribution in [0.15, 0.2) is 41.4 Å². The molecule has 0 aliphatic rings. The van der Waals surface area contributed by atoms with E-state index >= 15 is 0 Å². The third-order valence-electron chi connectivity index (χ3n) is 2.87. The lowest BCUT2D eigenvalue weighted by Crippen LogP contribution is -2.20. The number of benzene rings is 1. The number of hydrogen-bond donors (Lipinski definition) is 2. The lowest BCUT2D eigenvalue weighted by molar-refractivity contribution is 0.661. The number of rotatable bonds is 5. The van der Waals surface area contributed by atoms with Crippen LogP contribution in [0.4, 0.5) is 5.82 Å². The molecule has 0 saturated heterocycles. The molecule has 0 saturated carbocycles. The molecule has 1 aromatic heterocycles. The fourth-order valence-corrected chi connectivity index (χ4v) is 3.11. The second-order valence-corrected chi connectivity index (χ2v) is 6.20. The lowest BCUT2D eigenvalue weighted by atomic mass is 10.1. The number of anilines is 1. The molecule has 1 aromatic carbocycles. The van der Waals surface area contributed by atoms with Crippen molar-refractivity contribution in [2.24, 2.45) is 0 Å². The summed E-state index contributed by atoms with van der Waals surface area (Å²) in [5.41, 5.74) is 6.84. The van der Waals surface area contributed by atoms with Gasteiger partial charge in [-0.1, -0.05) is 23.2 Å². The molecule has 2 aromatic rings. The molecular weight excluding hydrogens is 313 g/mol. The van der Waals surface area contributed by atoms with Crippen molar-refractivity contribution in [3.63, 3.8) is 0 Å². The van der Waals surface area contributed by atoms with Crippen molar-refractivity contribution in [2.45, 2.75) is 10.9 Å². The molecule has 106 valence electrons. The number of nitrogens with zero attached hydrogens (tertiary/aromatic N) is 1. The molecule has 0 fully saturated rings. The van der Waals surface area contributed by atoms with E-state index < -0.39 is 0 Å². The summed E-state index contributed by atoms with van der Waals surface area (Å²) >= 11 is 13.6. The zero-order valence-electron chi connectivity index (χ0n) is 10.9. The van der Waals surface area contributed by atoms with E-state index in [1.54, 1.807) is 18.0 Å². The molecule has 0 aliphatic carbocycles. The van der Waals surface area contributed by atoms with E-state index in [9.17, 15) is 0 Å². The highest BCUT2D eigenvalue weighted by atomic mass is 35.5. The van der Waals surface area contributed by atoms with Crippen LogP contribution in [0.1, 0.15) is 11.6 Å². The highest BCUT2D eigenvalue weighted by molar-refractivity contribution is 7.99. The maximum absolute atomic E-state index is 5.99. The normalized spacial score (nSPS) is 12.3. The van der Waals surface area contributed by atoms with Crippen LogP contribution in [0, 0.1) is 0 Å². The van der Waals surface area contributed by atoms with Crippen molar-refractivity contribution in [2.75, 3.05) is 18.5 Å². The fraction of sp³-hybridized carbons (Fsp3) is 0.214. The van der Waals surface area contributed by atoms with Gasteiger partial charge in [0.15, 0.2) is 0 Å². The second-order valence-electron chi connectivity index (χ2n) is 4.23. The summed E-state index contributed by atoms with van der Waals surface area (Å²) in [6.07, 6.45) is 1.56. The molecule has 1 heterocycles. The van der Waals surface area contributed by atoms with E-state index in [4.69, 9.17) is 28.9 Å². The van der Waals surface area contributed by atoms with Crippen LogP contribution >= 0.6 is 35.0 Å².